The number of hydrogen-bond acceptors (Lipinski definition) is 5. The molecule has 0 aliphatic heterocycles. The largest absolute Gasteiger partial charge is 0.468 e. The first-order valence-corrected chi connectivity index (χ1v) is 4.74. The van der Waals surface area contributed by atoms with Crippen LogP contribution >= 0.6 is 0 Å². The fourth-order valence-corrected chi connectivity index (χ4v) is 1.12. The van der Waals surface area contributed by atoms with Gasteiger partial charge in [-0.25, -0.2) is 0 Å². The second kappa shape index (κ2) is 5.71. The maximum absolute atomic E-state index is 13.2. The van der Waals surface area contributed by atoms with Crippen LogP contribution in [0.5, 0.6) is 0 Å². The molecule has 0 bridgehead atoms. The first-order chi connectivity index (χ1) is 8.45. The van der Waals surface area contributed by atoms with Gasteiger partial charge in [0.1, 0.15) is 6.54 Å². The molecule has 1 N–H and O–H groups in total. The molecule has 0 unspecified atom stereocenters. The smallest absolute Gasteiger partial charge is 0.325 e. The summed E-state index contributed by atoms with van der Waals surface area (Å²) in [5, 5.41) is 12.5. The molecule has 0 aromatic heterocycles. The predicted octanol–water partition coefficient (Wildman–Crippen LogP) is 0.637. The average Bonchev–Trinajstić information content (AvgIpc) is 2.34. The van der Waals surface area contributed by atoms with Gasteiger partial charge in [0.15, 0.2) is 0 Å². The molecule has 0 aliphatic rings. The van der Waals surface area contributed by atoms with Crippen molar-refractivity contribution in [3.8, 4) is 0 Å². The highest BCUT2D eigenvalue weighted by Crippen LogP contribution is 2.17. The van der Waals surface area contributed by atoms with E-state index in [0.29, 0.717) is 0 Å². The zero-order valence-electron chi connectivity index (χ0n) is 9.31. The number of nitrogens with zero attached hydrogens (tertiary/aromatic N) is 1. The van der Waals surface area contributed by atoms with Crippen LogP contribution in [0.3, 0.4) is 0 Å². The third-order valence-corrected chi connectivity index (χ3v) is 2.03. The van der Waals surface area contributed by atoms with Crippen molar-refractivity contribution in [3.63, 3.8) is 0 Å². The van der Waals surface area contributed by atoms with Crippen LogP contribution in [0.15, 0.2) is 18.2 Å². The summed E-state index contributed by atoms with van der Waals surface area (Å²) in [7, 11) is 1.15. The van der Waals surface area contributed by atoms with Gasteiger partial charge in [-0.1, -0.05) is 0 Å². The van der Waals surface area contributed by atoms with Crippen molar-refractivity contribution >= 4 is 17.6 Å². The van der Waals surface area contributed by atoms with Crippen molar-refractivity contribution < 1.29 is 23.6 Å². The Bertz CT molecular complexity index is 503. The van der Waals surface area contributed by atoms with Gasteiger partial charge in [-0.2, -0.15) is 4.39 Å². The number of carbonyl (C=O) groups is 2. The number of nitrogens with one attached hydrogen (secondary N) is 1. The van der Waals surface area contributed by atoms with E-state index in [-0.39, 0.29) is 12.1 Å². The van der Waals surface area contributed by atoms with Crippen LogP contribution in [0.25, 0.3) is 0 Å². The van der Waals surface area contributed by atoms with E-state index in [1.165, 1.54) is 0 Å². The molecule has 0 saturated carbocycles. The molecule has 7 nitrogen and oxygen atoms in total. The van der Waals surface area contributed by atoms with Crippen molar-refractivity contribution in [1.82, 2.24) is 5.32 Å². The van der Waals surface area contributed by atoms with Gasteiger partial charge in [0.25, 0.3) is 5.91 Å². The Balaban J connectivity index is 2.79. The molecule has 1 aromatic rings. The lowest BCUT2D eigenvalue weighted by Gasteiger charge is -2.04. The van der Waals surface area contributed by atoms with Crippen LogP contribution in [0.4, 0.5) is 10.1 Å². The van der Waals surface area contributed by atoms with Gasteiger partial charge >= 0.3 is 11.7 Å². The van der Waals surface area contributed by atoms with E-state index in [4.69, 9.17) is 0 Å². The van der Waals surface area contributed by atoms with Gasteiger partial charge in [0.2, 0.25) is 5.82 Å². The number of amides is 1. The second-order valence-electron chi connectivity index (χ2n) is 3.18. The van der Waals surface area contributed by atoms with E-state index in [9.17, 15) is 24.1 Å². The molecule has 0 atom stereocenters. The van der Waals surface area contributed by atoms with Crippen LogP contribution in [-0.2, 0) is 9.53 Å². The van der Waals surface area contributed by atoms with Crippen LogP contribution in [-0.4, -0.2) is 30.5 Å². The van der Waals surface area contributed by atoms with E-state index in [1.807, 2.05) is 0 Å². The molecule has 18 heavy (non-hydrogen) atoms. The molecular formula is C10H9FN2O5. The summed E-state index contributed by atoms with van der Waals surface area (Å²) in [5.41, 5.74) is -0.846. The van der Waals surface area contributed by atoms with Crippen LogP contribution < -0.4 is 5.32 Å². The topological polar surface area (TPSA) is 98.5 Å². The summed E-state index contributed by atoms with van der Waals surface area (Å²) in [6, 6.07) is 2.70. The summed E-state index contributed by atoms with van der Waals surface area (Å²) in [6.07, 6.45) is 0. The molecule has 1 amide bonds. The number of methoxy groups -OCH3 is 1. The third-order valence-electron chi connectivity index (χ3n) is 2.03. The normalized spacial score (nSPS) is 9.67. The number of esters is 1. The van der Waals surface area contributed by atoms with Gasteiger partial charge < -0.3 is 10.1 Å². The minimum absolute atomic E-state index is 0.123. The first-order valence-electron chi connectivity index (χ1n) is 4.74. The number of carbonyl (C=O) groups excluding carboxylic acids is 2. The number of benzene rings is 1. The van der Waals surface area contributed by atoms with Gasteiger partial charge in [-0.05, 0) is 12.1 Å². The van der Waals surface area contributed by atoms with Crippen LogP contribution in [0, 0.1) is 15.9 Å². The summed E-state index contributed by atoms with van der Waals surface area (Å²) in [5.74, 6) is -2.51. The Hall–Kier alpha value is -2.51. The van der Waals surface area contributed by atoms with Crippen molar-refractivity contribution in [1.29, 1.82) is 0 Å². The number of rotatable bonds is 4. The monoisotopic (exact) mass is 256 g/mol. The fourth-order valence-electron chi connectivity index (χ4n) is 1.12. The maximum atomic E-state index is 13.2. The van der Waals surface area contributed by atoms with Crippen LogP contribution in [0.2, 0.25) is 0 Å². The first kappa shape index (κ1) is 13.6. The van der Waals surface area contributed by atoms with E-state index in [1.54, 1.807) is 0 Å². The highest BCUT2D eigenvalue weighted by Gasteiger charge is 2.16. The zero-order valence-corrected chi connectivity index (χ0v) is 9.31. The van der Waals surface area contributed by atoms with E-state index in [2.05, 4.69) is 10.1 Å². The fraction of sp³-hybridized carbons (Fsp3) is 0.200. The molecule has 0 saturated heterocycles. The van der Waals surface area contributed by atoms with E-state index < -0.39 is 28.3 Å². The lowest BCUT2D eigenvalue weighted by Crippen LogP contribution is -2.30. The molecule has 0 heterocycles. The molecule has 0 aliphatic carbocycles. The Labute approximate surface area is 101 Å². The highest BCUT2D eigenvalue weighted by molar-refractivity contribution is 5.96. The Morgan fingerprint density at radius 1 is 1.50 bits per heavy atom. The van der Waals surface area contributed by atoms with Crippen molar-refractivity contribution in [3.05, 3.63) is 39.7 Å². The summed E-state index contributed by atoms with van der Waals surface area (Å²) in [6.45, 7) is -0.367. The van der Waals surface area contributed by atoms with Gasteiger partial charge in [-0.15, -0.1) is 0 Å². The molecule has 0 radical (unpaired) electrons. The molecular weight excluding hydrogens is 247 g/mol. The number of nitro benzene ring substituents is 1. The second-order valence-corrected chi connectivity index (χ2v) is 3.18. The van der Waals surface area contributed by atoms with Crippen molar-refractivity contribution in [2.24, 2.45) is 0 Å². The number of halogens is 1. The summed E-state index contributed by atoms with van der Waals surface area (Å²) < 4.78 is 17.5. The predicted molar refractivity (Wildman–Crippen MR) is 57.4 cm³/mol. The van der Waals surface area contributed by atoms with Gasteiger partial charge in [0.05, 0.1) is 12.0 Å². The van der Waals surface area contributed by atoms with Crippen molar-refractivity contribution in [2.45, 2.75) is 0 Å². The zero-order chi connectivity index (χ0) is 13.7. The lowest BCUT2D eigenvalue weighted by atomic mass is 10.2. The molecule has 0 spiro atoms. The van der Waals surface area contributed by atoms with Gasteiger partial charge in [-0.3, -0.25) is 19.7 Å². The highest BCUT2D eigenvalue weighted by atomic mass is 19.1. The Morgan fingerprint density at radius 3 is 2.67 bits per heavy atom. The van der Waals surface area contributed by atoms with Crippen LogP contribution in [0.1, 0.15) is 10.4 Å². The standard InChI is InChI=1S/C10H9FN2O5/c1-18-9(14)5-12-10(15)6-2-3-8(13(16)17)7(11)4-6/h2-4H,5H2,1H3,(H,12,15). The Kier molecular flexibility index (Phi) is 4.30. The lowest BCUT2D eigenvalue weighted by molar-refractivity contribution is -0.387. The SMILES string of the molecule is COC(=O)CNC(=O)c1ccc([N+](=O)[O-])c(F)c1. The minimum Gasteiger partial charge on any atom is -0.468 e. The molecule has 96 valence electrons. The van der Waals surface area contributed by atoms with Gasteiger partial charge in [0, 0.05) is 11.6 Å². The third kappa shape index (κ3) is 3.24. The van der Waals surface area contributed by atoms with E-state index >= 15 is 0 Å². The number of ether oxygens (including phenoxy) is 1. The molecule has 1 aromatic carbocycles. The summed E-state index contributed by atoms with van der Waals surface area (Å²) >= 11 is 0. The number of nitro groups is 1. The number of hydrogen-bond donors (Lipinski definition) is 1. The molecule has 0 fully saturated rings. The average molecular weight is 256 g/mol. The molecule has 1 rings (SSSR count). The molecule has 8 heteroatoms. The minimum atomic E-state index is -1.12. The Morgan fingerprint density at radius 2 is 2.17 bits per heavy atom. The maximum Gasteiger partial charge on any atom is 0.325 e. The summed E-state index contributed by atoms with van der Waals surface area (Å²) in [4.78, 5) is 31.7. The van der Waals surface area contributed by atoms with Crippen molar-refractivity contribution in [2.75, 3.05) is 13.7 Å². The quantitative estimate of drug-likeness (QED) is 0.484. The van der Waals surface area contributed by atoms with E-state index in [0.717, 1.165) is 25.3 Å².